The van der Waals surface area contributed by atoms with Crippen LogP contribution in [-0.2, 0) is 5.41 Å². The summed E-state index contributed by atoms with van der Waals surface area (Å²) in [5, 5.41) is 4.51. The van der Waals surface area contributed by atoms with Crippen molar-refractivity contribution in [2.75, 3.05) is 31.1 Å². The van der Waals surface area contributed by atoms with Gasteiger partial charge in [0.1, 0.15) is 5.82 Å². The Kier molecular flexibility index (Phi) is 4.79. The molecule has 0 aromatic carbocycles. The van der Waals surface area contributed by atoms with Gasteiger partial charge in [-0.25, -0.2) is 4.98 Å². The third-order valence-corrected chi connectivity index (χ3v) is 4.45. The molecule has 0 aliphatic carbocycles. The van der Waals surface area contributed by atoms with Gasteiger partial charge >= 0.3 is 0 Å². The lowest BCUT2D eigenvalue weighted by molar-refractivity contribution is 0.374. The third-order valence-electron chi connectivity index (χ3n) is 3.68. The number of nitrogens with one attached hydrogen (secondary N) is 1. The molecule has 5 heteroatoms. The van der Waals surface area contributed by atoms with E-state index in [1.165, 1.54) is 12.8 Å². The molecular formula is C14H26N4S. The molecule has 0 bridgehead atoms. The van der Waals surface area contributed by atoms with Crippen molar-refractivity contribution in [2.45, 2.75) is 46.0 Å². The first-order valence-electron chi connectivity index (χ1n) is 7.30. The summed E-state index contributed by atoms with van der Waals surface area (Å²) < 4.78 is 4.53. The van der Waals surface area contributed by atoms with Gasteiger partial charge in [-0.15, -0.1) is 0 Å². The maximum absolute atomic E-state index is 4.74. The highest BCUT2D eigenvalue weighted by molar-refractivity contribution is 7.09. The molecule has 0 spiro atoms. The van der Waals surface area contributed by atoms with E-state index < -0.39 is 0 Å². The summed E-state index contributed by atoms with van der Waals surface area (Å²) in [4.78, 5) is 7.13. The van der Waals surface area contributed by atoms with Gasteiger partial charge in [0.15, 0.2) is 0 Å². The van der Waals surface area contributed by atoms with Crippen LogP contribution in [-0.4, -0.2) is 35.5 Å². The fourth-order valence-corrected chi connectivity index (χ4v) is 3.30. The van der Waals surface area contributed by atoms with Crippen LogP contribution in [0.5, 0.6) is 0 Å². The van der Waals surface area contributed by atoms with Gasteiger partial charge in [-0.2, -0.15) is 4.37 Å². The summed E-state index contributed by atoms with van der Waals surface area (Å²) in [5.74, 6) is 1.76. The zero-order chi connectivity index (χ0) is 13.9. The van der Waals surface area contributed by atoms with E-state index in [0.29, 0.717) is 0 Å². The van der Waals surface area contributed by atoms with Crippen molar-refractivity contribution >= 4 is 16.7 Å². The van der Waals surface area contributed by atoms with E-state index in [2.05, 4.69) is 42.3 Å². The molecule has 2 rings (SSSR count). The van der Waals surface area contributed by atoms with Gasteiger partial charge in [0.25, 0.3) is 0 Å². The van der Waals surface area contributed by atoms with E-state index in [-0.39, 0.29) is 5.41 Å². The molecule has 0 atom stereocenters. The Balaban J connectivity index is 2.02. The SMILES string of the molecule is CCN(CC1CCNCC1)c1nc(C(C)(C)C)ns1. The van der Waals surface area contributed by atoms with Gasteiger partial charge in [0.2, 0.25) is 5.13 Å². The van der Waals surface area contributed by atoms with Gasteiger partial charge < -0.3 is 10.2 Å². The number of aromatic nitrogens is 2. The lowest BCUT2D eigenvalue weighted by Crippen LogP contribution is -2.36. The van der Waals surface area contributed by atoms with Crippen LogP contribution in [0.3, 0.4) is 0 Å². The van der Waals surface area contributed by atoms with Crippen molar-refractivity contribution in [3.8, 4) is 0 Å². The van der Waals surface area contributed by atoms with E-state index >= 15 is 0 Å². The monoisotopic (exact) mass is 282 g/mol. The zero-order valence-electron chi connectivity index (χ0n) is 12.6. The first-order valence-corrected chi connectivity index (χ1v) is 8.08. The molecule has 4 nitrogen and oxygen atoms in total. The Morgan fingerprint density at radius 2 is 2.00 bits per heavy atom. The number of rotatable bonds is 4. The standard InChI is InChI=1S/C14H26N4S/c1-5-18(10-11-6-8-15-9-7-11)13-16-12(17-19-13)14(2,3)4/h11,15H,5-10H2,1-4H3. The minimum Gasteiger partial charge on any atom is -0.347 e. The number of hydrogen-bond donors (Lipinski definition) is 1. The second-order valence-electron chi connectivity index (χ2n) is 6.38. The molecule has 0 saturated carbocycles. The summed E-state index contributed by atoms with van der Waals surface area (Å²) in [6.07, 6.45) is 2.56. The van der Waals surface area contributed by atoms with Crippen LogP contribution in [0.1, 0.15) is 46.4 Å². The molecular weight excluding hydrogens is 256 g/mol. The van der Waals surface area contributed by atoms with Crippen molar-refractivity contribution in [1.29, 1.82) is 0 Å². The highest BCUT2D eigenvalue weighted by atomic mass is 32.1. The van der Waals surface area contributed by atoms with Crippen LogP contribution in [0, 0.1) is 5.92 Å². The summed E-state index contributed by atoms with van der Waals surface area (Å²) in [5.41, 5.74) is 0.0446. The van der Waals surface area contributed by atoms with Gasteiger partial charge in [0.05, 0.1) is 0 Å². The van der Waals surface area contributed by atoms with Crippen LogP contribution in [0.15, 0.2) is 0 Å². The normalized spacial score (nSPS) is 17.7. The van der Waals surface area contributed by atoms with Crippen LogP contribution in [0.2, 0.25) is 0 Å². The smallest absolute Gasteiger partial charge is 0.205 e. The molecule has 1 aliphatic heterocycles. The van der Waals surface area contributed by atoms with Gasteiger partial charge in [-0.05, 0) is 38.8 Å². The Morgan fingerprint density at radius 1 is 1.32 bits per heavy atom. The zero-order valence-corrected chi connectivity index (χ0v) is 13.4. The first kappa shape index (κ1) is 14.7. The molecule has 19 heavy (non-hydrogen) atoms. The summed E-state index contributed by atoms with van der Waals surface area (Å²) in [6, 6.07) is 0. The maximum atomic E-state index is 4.74. The Labute approximate surface area is 120 Å². The molecule has 0 unspecified atom stereocenters. The Hall–Kier alpha value is -0.680. The van der Waals surface area contributed by atoms with E-state index in [4.69, 9.17) is 4.98 Å². The van der Waals surface area contributed by atoms with E-state index in [1.807, 2.05) is 0 Å². The molecule has 0 amide bonds. The molecule has 1 fully saturated rings. The molecule has 108 valence electrons. The lowest BCUT2D eigenvalue weighted by atomic mass is 9.96. The van der Waals surface area contributed by atoms with Crippen LogP contribution in [0.4, 0.5) is 5.13 Å². The second kappa shape index (κ2) is 6.18. The van der Waals surface area contributed by atoms with Gasteiger partial charge in [-0.1, -0.05) is 20.8 Å². The van der Waals surface area contributed by atoms with Crippen molar-refractivity contribution in [2.24, 2.45) is 5.92 Å². The van der Waals surface area contributed by atoms with Gasteiger partial charge in [-0.3, -0.25) is 0 Å². The van der Waals surface area contributed by atoms with Crippen molar-refractivity contribution in [3.63, 3.8) is 0 Å². The average Bonchev–Trinajstić information content (AvgIpc) is 2.86. The lowest BCUT2D eigenvalue weighted by Gasteiger charge is -2.28. The summed E-state index contributed by atoms with van der Waals surface area (Å²) in [6.45, 7) is 13.2. The van der Waals surface area contributed by atoms with Gasteiger partial charge in [0, 0.05) is 30.0 Å². The first-order chi connectivity index (χ1) is 9.00. The van der Waals surface area contributed by atoms with E-state index in [0.717, 1.165) is 43.1 Å². The topological polar surface area (TPSA) is 41.0 Å². The minimum atomic E-state index is 0.0446. The Bertz CT molecular complexity index is 390. The van der Waals surface area contributed by atoms with E-state index in [9.17, 15) is 0 Å². The number of anilines is 1. The van der Waals surface area contributed by atoms with Crippen LogP contribution >= 0.6 is 11.5 Å². The highest BCUT2D eigenvalue weighted by Crippen LogP contribution is 2.26. The van der Waals surface area contributed by atoms with E-state index in [1.54, 1.807) is 11.5 Å². The second-order valence-corrected chi connectivity index (χ2v) is 7.11. The largest absolute Gasteiger partial charge is 0.347 e. The quantitative estimate of drug-likeness (QED) is 0.922. The number of piperidine rings is 1. The molecule has 0 radical (unpaired) electrons. The Morgan fingerprint density at radius 3 is 2.53 bits per heavy atom. The molecule has 1 saturated heterocycles. The summed E-state index contributed by atoms with van der Waals surface area (Å²) >= 11 is 1.55. The fourth-order valence-electron chi connectivity index (χ4n) is 2.37. The number of hydrogen-bond acceptors (Lipinski definition) is 5. The average molecular weight is 282 g/mol. The molecule has 1 N–H and O–H groups in total. The van der Waals surface area contributed by atoms with Crippen LogP contribution in [0.25, 0.3) is 0 Å². The van der Waals surface area contributed by atoms with Crippen LogP contribution < -0.4 is 10.2 Å². The van der Waals surface area contributed by atoms with Crippen molar-refractivity contribution in [1.82, 2.24) is 14.7 Å². The minimum absolute atomic E-state index is 0.0446. The predicted molar refractivity (Wildman–Crippen MR) is 82.1 cm³/mol. The molecule has 1 aliphatic rings. The fraction of sp³-hybridized carbons (Fsp3) is 0.857. The molecule has 1 aromatic rings. The van der Waals surface area contributed by atoms with Crippen molar-refractivity contribution < 1.29 is 0 Å². The molecule has 1 aromatic heterocycles. The highest BCUT2D eigenvalue weighted by Gasteiger charge is 2.23. The summed E-state index contributed by atoms with van der Waals surface area (Å²) in [7, 11) is 0. The maximum Gasteiger partial charge on any atom is 0.205 e. The molecule has 2 heterocycles. The predicted octanol–water partition coefficient (Wildman–Crippen LogP) is 2.66. The number of nitrogens with zero attached hydrogens (tertiary/aromatic N) is 3. The third kappa shape index (κ3) is 3.89. The van der Waals surface area contributed by atoms with Crippen molar-refractivity contribution in [3.05, 3.63) is 5.82 Å².